The topological polar surface area (TPSA) is 42.0 Å². The summed E-state index contributed by atoms with van der Waals surface area (Å²) in [5.41, 5.74) is 1.66. The van der Waals surface area contributed by atoms with Crippen molar-refractivity contribution < 1.29 is 14.4 Å². The summed E-state index contributed by atoms with van der Waals surface area (Å²) in [6.45, 7) is 4.23. The van der Waals surface area contributed by atoms with E-state index < -0.39 is 5.41 Å². The summed E-state index contributed by atoms with van der Waals surface area (Å²) in [6.07, 6.45) is 2.12. The van der Waals surface area contributed by atoms with Crippen LogP contribution >= 0.6 is 0 Å². The van der Waals surface area contributed by atoms with Crippen molar-refractivity contribution in [2.75, 3.05) is 32.4 Å². The summed E-state index contributed by atoms with van der Waals surface area (Å²) in [6, 6.07) is 8.64. The second-order valence-corrected chi connectivity index (χ2v) is 8.97. The lowest BCUT2D eigenvalue weighted by atomic mass is 9.50. The Balaban J connectivity index is 1.67. The number of likely N-dealkylation sites (tertiary alicyclic amines) is 1. The van der Waals surface area contributed by atoms with Crippen molar-refractivity contribution in [1.82, 2.24) is 4.90 Å². The van der Waals surface area contributed by atoms with Gasteiger partial charge in [-0.25, -0.2) is 0 Å². The molecule has 5 bridgehead atoms. The molecule has 7 atom stereocenters. The number of hydrogen-bond acceptors (Lipinski definition) is 4. The van der Waals surface area contributed by atoms with Crippen LogP contribution in [0.2, 0.25) is 0 Å². The zero-order valence-electron chi connectivity index (χ0n) is 15.6. The number of amides is 1. The molecule has 1 aromatic carbocycles. The van der Waals surface area contributed by atoms with Crippen molar-refractivity contribution in [3.63, 3.8) is 0 Å². The molecule has 1 amide bonds. The van der Waals surface area contributed by atoms with Gasteiger partial charge in [0.2, 0.25) is 0 Å². The van der Waals surface area contributed by atoms with Crippen molar-refractivity contribution in [3.05, 3.63) is 29.8 Å². The average molecular weight is 354 g/mol. The standard InChI is InChI=1S/C21H26N2O3/c1-4-20-11-22(2)17-12-10-26-16(9-14(12)20)21(18(17)20)13-7-5-6-8-15(13)23(25-3)19(21)24/h5-8,12,14,16-18H,4,9-11H2,1-3H3. The summed E-state index contributed by atoms with van der Waals surface area (Å²) in [7, 11) is 3.85. The van der Waals surface area contributed by atoms with Gasteiger partial charge < -0.3 is 9.64 Å². The quantitative estimate of drug-likeness (QED) is 0.817. The van der Waals surface area contributed by atoms with Gasteiger partial charge in [0.05, 0.1) is 25.5 Å². The van der Waals surface area contributed by atoms with Gasteiger partial charge in [-0.3, -0.25) is 9.63 Å². The molecule has 1 aromatic rings. The maximum absolute atomic E-state index is 13.9. The molecule has 2 aliphatic carbocycles. The Bertz CT molecular complexity index is 812. The van der Waals surface area contributed by atoms with Crippen LogP contribution in [0.4, 0.5) is 5.69 Å². The molecular weight excluding hydrogens is 328 g/mol. The average Bonchev–Trinajstić information content (AvgIpc) is 3.13. The number of piperidine rings is 1. The number of para-hydroxylation sites is 1. The molecule has 0 aromatic heterocycles. The first kappa shape index (κ1) is 15.6. The Morgan fingerprint density at radius 3 is 2.92 bits per heavy atom. The molecule has 138 valence electrons. The molecule has 2 saturated heterocycles. The van der Waals surface area contributed by atoms with E-state index in [2.05, 4.69) is 31.0 Å². The van der Waals surface area contributed by atoms with Gasteiger partial charge in [-0.05, 0) is 42.9 Å². The van der Waals surface area contributed by atoms with Gasteiger partial charge in [-0.15, -0.1) is 0 Å². The Labute approximate surface area is 154 Å². The minimum Gasteiger partial charge on any atom is -0.376 e. The molecule has 0 radical (unpaired) electrons. The molecule has 7 unspecified atom stereocenters. The van der Waals surface area contributed by atoms with Gasteiger partial charge in [0.25, 0.3) is 5.91 Å². The van der Waals surface area contributed by atoms with Crippen LogP contribution in [0.5, 0.6) is 0 Å². The second kappa shape index (κ2) is 4.70. The third-order valence-electron chi connectivity index (χ3n) is 8.61. The fraction of sp³-hybridized carbons (Fsp3) is 0.667. The summed E-state index contributed by atoms with van der Waals surface area (Å²) < 4.78 is 6.42. The molecule has 2 saturated carbocycles. The monoisotopic (exact) mass is 354 g/mol. The SMILES string of the molecule is CCC12CN(C)C3C4COC(CC41)C1(C(=O)N(OC)c4ccccc41)C32. The summed E-state index contributed by atoms with van der Waals surface area (Å²) in [5.74, 6) is 1.66. The molecule has 5 aliphatic rings. The van der Waals surface area contributed by atoms with Crippen LogP contribution in [-0.2, 0) is 19.8 Å². The van der Waals surface area contributed by atoms with Crippen LogP contribution in [0.25, 0.3) is 0 Å². The fourth-order valence-electron chi connectivity index (χ4n) is 8.02. The lowest BCUT2D eigenvalue weighted by Gasteiger charge is -2.55. The van der Waals surface area contributed by atoms with Gasteiger partial charge in [0.1, 0.15) is 5.41 Å². The number of anilines is 1. The molecule has 5 nitrogen and oxygen atoms in total. The summed E-state index contributed by atoms with van der Waals surface area (Å²) in [5, 5.41) is 1.54. The molecule has 4 fully saturated rings. The molecule has 5 heteroatoms. The highest BCUT2D eigenvalue weighted by atomic mass is 16.7. The van der Waals surface area contributed by atoms with Gasteiger partial charge in [-0.1, -0.05) is 25.1 Å². The van der Waals surface area contributed by atoms with Gasteiger partial charge in [-0.2, -0.15) is 5.06 Å². The van der Waals surface area contributed by atoms with Gasteiger partial charge in [0, 0.05) is 24.4 Å². The maximum atomic E-state index is 13.9. The Morgan fingerprint density at radius 2 is 2.15 bits per heavy atom. The maximum Gasteiger partial charge on any atom is 0.264 e. The van der Waals surface area contributed by atoms with Crippen molar-refractivity contribution >= 4 is 11.6 Å². The first-order chi connectivity index (χ1) is 12.6. The van der Waals surface area contributed by atoms with E-state index in [1.54, 1.807) is 7.11 Å². The molecular formula is C21H26N2O3. The van der Waals surface area contributed by atoms with Crippen molar-refractivity contribution in [2.24, 2.45) is 23.2 Å². The molecule has 1 spiro atoms. The number of hydroxylamine groups is 1. The number of carbonyl (C=O) groups is 1. The van der Waals surface area contributed by atoms with E-state index >= 15 is 0 Å². The smallest absolute Gasteiger partial charge is 0.264 e. The van der Waals surface area contributed by atoms with Crippen molar-refractivity contribution in [2.45, 2.75) is 37.3 Å². The zero-order chi connectivity index (χ0) is 17.8. The van der Waals surface area contributed by atoms with Crippen molar-refractivity contribution in [1.29, 1.82) is 0 Å². The summed E-state index contributed by atoms with van der Waals surface area (Å²) in [4.78, 5) is 22.0. The lowest BCUT2D eigenvalue weighted by Crippen LogP contribution is -2.63. The van der Waals surface area contributed by atoms with E-state index in [1.165, 1.54) is 5.06 Å². The van der Waals surface area contributed by atoms with Crippen LogP contribution in [0, 0.1) is 23.2 Å². The van der Waals surface area contributed by atoms with Crippen LogP contribution in [-0.4, -0.2) is 50.3 Å². The number of carbonyl (C=O) groups excluding carboxylic acids is 1. The Kier molecular flexibility index (Phi) is 2.82. The number of benzene rings is 1. The highest BCUT2D eigenvalue weighted by molar-refractivity contribution is 6.08. The molecule has 0 N–H and O–H groups in total. The highest BCUT2D eigenvalue weighted by Crippen LogP contribution is 2.74. The molecule has 3 heterocycles. The Hall–Kier alpha value is -1.43. The third kappa shape index (κ3) is 1.34. The first-order valence-corrected chi connectivity index (χ1v) is 9.91. The van der Waals surface area contributed by atoms with E-state index in [0.717, 1.165) is 37.2 Å². The molecule has 26 heavy (non-hydrogen) atoms. The normalized spacial score (nSPS) is 48.0. The van der Waals surface area contributed by atoms with E-state index in [0.29, 0.717) is 23.8 Å². The second-order valence-electron chi connectivity index (χ2n) is 8.97. The largest absolute Gasteiger partial charge is 0.376 e. The van der Waals surface area contributed by atoms with E-state index in [1.807, 2.05) is 12.1 Å². The first-order valence-electron chi connectivity index (χ1n) is 9.91. The summed E-state index contributed by atoms with van der Waals surface area (Å²) >= 11 is 0. The van der Waals surface area contributed by atoms with Gasteiger partial charge >= 0.3 is 0 Å². The predicted octanol–water partition coefficient (Wildman–Crippen LogP) is 2.21. The minimum atomic E-state index is -0.597. The van der Waals surface area contributed by atoms with E-state index in [-0.39, 0.29) is 17.4 Å². The van der Waals surface area contributed by atoms with E-state index in [4.69, 9.17) is 9.57 Å². The van der Waals surface area contributed by atoms with Crippen LogP contribution in [0.15, 0.2) is 24.3 Å². The van der Waals surface area contributed by atoms with Crippen LogP contribution in [0.3, 0.4) is 0 Å². The van der Waals surface area contributed by atoms with Gasteiger partial charge in [0.15, 0.2) is 0 Å². The Morgan fingerprint density at radius 1 is 1.35 bits per heavy atom. The zero-order valence-corrected chi connectivity index (χ0v) is 15.6. The number of nitrogens with zero attached hydrogens (tertiary/aromatic N) is 2. The van der Waals surface area contributed by atoms with Crippen LogP contribution < -0.4 is 5.06 Å². The third-order valence-corrected chi connectivity index (χ3v) is 8.61. The number of ether oxygens (including phenoxy) is 1. The minimum absolute atomic E-state index is 0.0290. The van der Waals surface area contributed by atoms with Crippen molar-refractivity contribution in [3.8, 4) is 0 Å². The van der Waals surface area contributed by atoms with E-state index in [9.17, 15) is 4.79 Å². The molecule has 6 rings (SSSR count). The van der Waals surface area contributed by atoms with Crippen LogP contribution in [0.1, 0.15) is 25.3 Å². The number of hydrogen-bond donors (Lipinski definition) is 0. The fourth-order valence-corrected chi connectivity index (χ4v) is 8.02. The number of fused-ring (bicyclic) bond motifs is 5. The predicted molar refractivity (Wildman–Crippen MR) is 96.6 cm³/mol. The number of rotatable bonds is 2. The highest BCUT2D eigenvalue weighted by Gasteiger charge is 2.80. The molecule has 3 aliphatic heterocycles. The lowest BCUT2D eigenvalue weighted by molar-refractivity contribution is -0.166.